The fraction of sp³-hybridized carbons (Fsp3) is 0.500. The maximum absolute atomic E-state index is 14.0. The van der Waals surface area contributed by atoms with Crippen molar-refractivity contribution in [1.82, 2.24) is 29.7 Å². The van der Waals surface area contributed by atoms with Crippen molar-refractivity contribution in [2.24, 2.45) is 0 Å². The van der Waals surface area contributed by atoms with Crippen molar-refractivity contribution in [2.75, 3.05) is 18.7 Å². The third-order valence-corrected chi connectivity index (χ3v) is 7.63. The van der Waals surface area contributed by atoms with E-state index in [1.807, 2.05) is 6.92 Å². The summed E-state index contributed by atoms with van der Waals surface area (Å²) in [7, 11) is -3.64. The number of carbonyl (C=O) groups is 1. The van der Waals surface area contributed by atoms with Crippen LogP contribution in [0.3, 0.4) is 0 Å². The van der Waals surface area contributed by atoms with Crippen molar-refractivity contribution in [3.63, 3.8) is 0 Å². The molecule has 0 amide bonds. The Morgan fingerprint density at radius 3 is 2.52 bits per heavy atom. The van der Waals surface area contributed by atoms with Gasteiger partial charge in [0.05, 0.1) is 25.6 Å². The average molecular weight is 588 g/mol. The van der Waals surface area contributed by atoms with E-state index >= 15 is 0 Å². The first-order chi connectivity index (χ1) is 18.7. The predicted molar refractivity (Wildman–Crippen MR) is 141 cm³/mol. The zero-order valence-electron chi connectivity index (χ0n) is 22.6. The lowest BCUT2D eigenvalue weighted by atomic mass is 10.1. The number of carbonyl (C=O) groups excluding carboxylic acids is 1. The maximum atomic E-state index is 14.0. The van der Waals surface area contributed by atoms with Crippen LogP contribution < -0.4 is 20.6 Å². The quantitative estimate of drug-likeness (QED) is 0.185. The highest BCUT2D eigenvalue weighted by Gasteiger charge is 2.37. The molecule has 3 rings (SSSR count). The Bertz CT molecular complexity index is 1330. The van der Waals surface area contributed by atoms with Crippen molar-refractivity contribution >= 4 is 30.4 Å². The number of alkyl halides is 3. The first-order valence-corrected chi connectivity index (χ1v) is 14.3. The van der Waals surface area contributed by atoms with Gasteiger partial charge in [0, 0.05) is 6.54 Å². The topological polar surface area (TPSA) is 156 Å². The number of hydrogen-bond acceptors (Lipinski definition) is 9. The van der Waals surface area contributed by atoms with Gasteiger partial charge in [-0.15, -0.1) is 13.2 Å². The van der Waals surface area contributed by atoms with Crippen molar-refractivity contribution in [3.05, 3.63) is 42.5 Å². The molecule has 12 nitrogen and oxygen atoms in total. The highest BCUT2D eigenvalue weighted by Crippen LogP contribution is 2.40. The summed E-state index contributed by atoms with van der Waals surface area (Å²) in [5.74, 6) is -0.737. The lowest BCUT2D eigenvalue weighted by molar-refractivity contribution is -0.274. The van der Waals surface area contributed by atoms with Crippen molar-refractivity contribution in [2.45, 2.75) is 65.2 Å². The monoisotopic (exact) mass is 587 g/mol. The number of aromatic nitrogens is 4. The molecule has 3 aromatic rings. The molecule has 0 aliphatic carbocycles. The van der Waals surface area contributed by atoms with Crippen LogP contribution in [0.2, 0.25) is 0 Å². The van der Waals surface area contributed by atoms with E-state index in [2.05, 4.69) is 29.9 Å². The van der Waals surface area contributed by atoms with Crippen LogP contribution in [0.5, 0.6) is 5.75 Å². The molecule has 0 saturated heterocycles. The number of hydrogen-bond donors (Lipinski definition) is 3. The molecule has 16 heteroatoms. The number of nitrogens with zero attached hydrogens (tertiary/aromatic N) is 4. The molecule has 220 valence electrons. The molecule has 0 radical (unpaired) electrons. The van der Waals surface area contributed by atoms with Gasteiger partial charge in [0.2, 0.25) is 7.44 Å². The zero-order valence-corrected chi connectivity index (χ0v) is 23.5. The lowest BCUT2D eigenvalue weighted by Gasteiger charge is -2.31. The van der Waals surface area contributed by atoms with Crippen LogP contribution in [0.15, 0.2) is 36.9 Å². The van der Waals surface area contributed by atoms with Crippen LogP contribution in [-0.4, -0.2) is 56.4 Å². The van der Waals surface area contributed by atoms with E-state index in [9.17, 15) is 22.5 Å². The summed E-state index contributed by atoms with van der Waals surface area (Å²) in [4.78, 5) is 24.9. The minimum absolute atomic E-state index is 0.00322. The molecule has 0 saturated carbocycles. The number of imidazole rings is 1. The fourth-order valence-electron chi connectivity index (χ4n) is 3.61. The van der Waals surface area contributed by atoms with Crippen LogP contribution in [0, 0.1) is 0 Å². The Balaban J connectivity index is 1.71. The van der Waals surface area contributed by atoms with Gasteiger partial charge in [0.25, 0.3) is 0 Å². The van der Waals surface area contributed by atoms with Gasteiger partial charge in [-0.3, -0.25) is 9.36 Å². The Hall–Kier alpha value is -3.26. The first-order valence-electron chi connectivity index (χ1n) is 12.4. The molecular formula is C24H33F3N7O5P. The molecule has 2 aromatic heterocycles. The molecule has 4 N–H and O–H groups in total. The number of halogens is 3. The van der Waals surface area contributed by atoms with E-state index in [0.717, 1.165) is 12.1 Å². The number of fused-ring (bicyclic) bond motifs is 1. The molecule has 0 bridgehead atoms. The molecule has 1 aromatic carbocycles. The van der Waals surface area contributed by atoms with Crippen molar-refractivity contribution < 1.29 is 36.7 Å². The molecule has 0 aliphatic rings. The second kappa shape index (κ2) is 12.9. The van der Waals surface area contributed by atoms with Crippen molar-refractivity contribution in [3.8, 4) is 5.75 Å². The molecule has 40 heavy (non-hydrogen) atoms. The van der Waals surface area contributed by atoms with Gasteiger partial charge < -0.3 is 24.5 Å². The molecule has 1 unspecified atom stereocenters. The summed E-state index contributed by atoms with van der Waals surface area (Å²) in [6.45, 7) is 7.19. The average Bonchev–Trinajstić information content (AvgIpc) is 3.28. The largest absolute Gasteiger partial charge is 0.573 e. The van der Waals surface area contributed by atoms with E-state index in [1.54, 1.807) is 17.8 Å². The number of esters is 1. The second-order valence-corrected chi connectivity index (χ2v) is 11.9. The molecular weight excluding hydrogens is 554 g/mol. The third kappa shape index (κ3) is 8.88. The van der Waals surface area contributed by atoms with Gasteiger partial charge in [-0.2, -0.15) is 0 Å². The highest BCUT2D eigenvalue weighted by molar-refractivity contribution is 7.59. The maximum Gasteiger partial charge on any atom is 0.573 e. The summed E-state index contributed by atoms with van der Waals surface area (Å²) < 4.78 is 68.2. The number of ether oxygens (including phenoxy) is 3. The summed E-state index contributed by atoms with van der Waals surface area (Å²) >= 11 is 0. The Morgan fingerprint density at radius 2 is 1.88 bits per heavy atom. The molecule has 0 spiro atoms. The number of nitrogens with one attached hydrogen (secondary N) is 2. The SMILES string of the molecule is CCCOC(=O)C(C)(C)NP(=O)(CO[C@H](C)Cn1cnc2c(N)ncnc21)NCc1ccc(OC(F)(F)F)cc1. The number of rotatable bonds is 14. The number of benzene rings is 1. The normalized spacial score (nSPS) is 14.6. The number of nitrogens with two attached hydrogens (primary N) is 1. The Kier molecular flexibility index (Phi) is 10.1. The van der Waals surface area contributed by atoms with Crippen molar-refractivity contribution in [1.29, 1.82) is 0 Å². The molecule has 2 heterocycles. The van der Waals surface area contributed by atoms with Crippen LogP contribution in [-0.2, 0) is 31.9 Å². The standard InChI is InChI=1S/C24H33F3N7O5P/c1-5-10-37-22(35)23(3,4)33-40(36,32-11-17-6-8-18(9-7-17)39-24(25,26)27)15-38-16(2)12-34-14-31-19-20(28)29-13-30-21(19)34/h6-9,13-14,16H,5,10-12,15H2,1-4H3,(H2,28,29,30)(H2,32,33,36)/t16-,40?/m1/s1. The van der Waals surface area contributed by atoms with Gasteiger partial charge >= 0.3 is 12.3 Å². The fourth-order valence-corrected chi connectivity index (χ4v) is 5.74. The summed E-state index contributed by atoms with van der Waals surface area (Å²) in [6.07, 6.45) is -2.12. The lowest BCUT2D eigenvalue weighted by Crippen LogP contribution is -2.48. The summed E-state index contributed by atoms with van der Waals surface area (Å²) in [5, 5.41) is 5.75. The zero-order chi connectivity index (χ0) is 29.6. The van der Waals surface area contributed by atoms with Gasteiger partial charge in [-0.25, -0.2) is 25.1 Å². The third-order valence-electron chi connectivity index (χ3n) is 5.53. The van der Waals surface area contributed by atoms with Gasteiger partial charge in [0.15, 0.2) is 11.5 Å². The molecule has 0 fully saturated rings. The summed E-state index contributed by atoms with van der Waals surface area (Å²) in [5.41, 5.74) is 5.98. The number of anilines is 1. The minimum atomic E-state index is -4.81. The Labute approximate surface area is 229 Å². The van der Waals surface area contributed by atoms with E-state index in [1.165, 1.54) is 32.3 Å². The second-order valence-electron chi connectivity index (χ2n) is 9.57. The first kappa shape index (κ1) is 31.3. The predicted octanol–water partition coefficient (Wildman–Crippen LogP) is 3.97. The summed E-state index contributed by atoms with van der Waals surface area (Å²) in [6, 6.07) is 5.11. The van der Waals surface area contributed by atoms with E-state index < -0.39 is 31.4 Å². The van der Waals surface area contributed by atoms with Gasteiger partial charge in [-0.05, 0) is 44.9 Å². The smallest absolute Gasteiger partial charge is 0.464 e. The van der Waals surface area contributed by atoms with Crippen LogP contribution in [0.1, 0.15) is 39.7 Å². The minimum Gasteiger partial charge on any atom is -0.464 e. The van der Waals surface area contributed by atoms with E-state index in [-0.39, 0.29) is 31.1 Å². The number of nitrogen functional groups attached to an aromatic ring is 1. The van der Waals surface area contributed by atoms with Crippen LogP contribution in [0.25, 0.3) is 11.2 Å². The van der Waals surface area contributed by atoms with Crippen LogP contribution in [0.4, 0.5) is 19.0 Å². The van der Waals surface area contributed by atoms with Crippen LogP contribution >= 0.6 is 7.44 Å². The van der Waals surface area contributed by atoms with E-state index in [0.29, 0.717) is 29.7 Å². The molecule has 2 atom stereocenters. The Morgan fingerprint density at radius 1 is 1.18 bits per heavy atom. The van der Waals surface area contributed by atoms with E-state index in [4.69, 9.17) is 15.2 Å². The highest BCUT2D eigenvalue weighted by atomic mass is 31.2. The van der Waals surface area contributed by atoms with Gasteiger partial charge in [-0.1, -0.05) is 19.1 Å². The molecule has 0 aliphatic heterocycles. The van der Waals surface area contributed by atoms with Gasteiger partial charge in [0.1, 0.15) is 29.5 Å².